The average molecular weight is 493 g/mol. The van der Waals surface area contributed by atoms with Crippen molar-refractivity contribution in [3.8, 4) is 11.3 Å². The molecule has 1 atom stereocenters. The highest BCUT2D eigenvalue weighted by atomic mass is 32.2. The number of pyridine rings is 1. The van der Waals surface area contributed by atoms with Crippen molar-refractivity contribution in [3.05, 3.63) is 76.7 Å². The maximum absolute atomic E-state index is 14.7. The number of nitrogens with one attached hydrogen (secondary N) is 1. The minimum Gasteiger partial charge on any atom is -0.322 e. The summed E-state index contributed by atoms with van der Waals surface area (Å²) in [6.45, 7) is 5.66. The van der Waals surface area contributed by atoms with Crippen LogP contribution in [0.25, 0.3) is 22.3 Å². The molecule has 1 fully saturated rings. The standard InChI is InChI=1S/C26H25FN4O3S/c1-15-8-9-22(16(2)12-15)29-26(32)20-13-23(19-6-4-5-7-21(19)27)28-25-24(20)17(3)30-31(25)18-10-11-35(33,34)14-18/h4-9,12-13,18H,10-11,14H2,1-3H3,(H,29,32). The summed E-state index contributed by atoms with van der Waals surface area (Å²) in [5, 5.41) is 8.08. The highest BCUT2D eigenvalue weighted by Gasteiger charge is 2.32. The van der Waals surface area contributed by atoms with Crippen LogP contribution in [0.3, 0.4) is 0 Å². The summed E-state index contributed by atoms with van der Waals surface area (Å²) in [6.07, 6.45) is 0.411. The van der Waals surface area contributed by atoms with Crippen molar-refractivity contribution in [2.75, 3.05) is 16.8 Å². The fraction of sp³-hybridized carbons (Fsp3) is 0.269. The molecule has 35 heavy (non-hydrogen) atoms. The van der Waals surface area contributed by atoms with Crippen molar-refractivity contribution in [1.29, 1.82) is 0 Å². The smallest absolute Gasteiger partial charge is 0.256 e. The van der Waals surface area contributed by atoms with Crippen molar-refractivity contribution in [2.45, 2.75) is 33.2 Å². The molecule has 0 saturated carbocycles. The Kier molecular flexibility index (Phi) is 5.67. The number of benzene rings is 2. The second-order valence-electron chi connectivity index (χ2n) is 9.09. The molecule has 9 heteroatoms. The fourth-order valence-electron chi connectivity index (χ4n) is 4.67. The highest BCUT2D eigenvalue weighted by Crippen LogP contribution is 2.33. The van der Waals surface area contributed by atoms with Crippen molar-refractivity contribution >= 4 is 32.5 Å². The molecule has 2 aromatic heterocycles. The molecule has 0 aliphatic carbocycles. The van der Waals surface area contributed by atoms with E-state index in [1.54, 1.807) is 35.9 Å². The number of rotatable bonds is 4. The molecule has 1 amide bonds. The SMILES string of the molecule is Cc1ccc(NC(=O)c2cc(-c3ccccc3F)nc3c2c(C)nn3C2CCS(=O)(=O)C2)c(C)c1. The Morgan fingerprint density at radius 1 is 1.11 bits per heavy atom. The van der Waals surface area contributed by atoms with E-state index in [0.717, 1.165) is 11.1 Å². The molecule has 5 rings (SSSR count). The monoisotopic (exact) mass is 492 g/mol. The van der Waals surface area contributed by atoms with Crippen LogP contribution < -0.4 is 5.32 Å². The summed E-state index contributed by atoms with van der Waals surface area (Å²) in [6, 6.07) is 13.1. The molecular formula is C26H25FN4O3S. The quantitative estimate of drug-likeness (QED) is 0.443. The lowest BCUT2D eigenvalue weighted by molar-refractivity contribution is 0.102. The first-order chi connectivity index (χ1) is 16.6. The third kappa shape index (κ3) is 4.32. The number of fused-ring (bicyclic) bond motifs is 1. The minimum absolute atomic E-state index is 0.0427. The van der Waals surface area contributed by atoms with Gasteiger partial charge in [0.15, 0.2) is 15.5 Å². The van der Waals surface area contributed by atoms with Gasteiger partial charge < -0.3 is 5.32 Å². The molecule has 2 aromatic carbocycles. The molecule has 1 N–H and O–H groups in total. The van der Waals surface area contributed by atoms with Gasteiger partial charge in [-0.2, -0.15) is 5.10 Å². The first-order valence-corrected chi connectivity index (χ1v) is 13.2. The molecule has 3 heterocycles. The van der Waals surface area contributed by atoms with Gasteiger partial charge in [-0.1, -0.05) is 29.8 Å². The van der Waals surface area contributed by atoms with Crippen molar-refractivity contribution in [3.63, 3.8) is 0 Å². The van der Waals surface area contributed by atoms with Gasteiger partial charge in [-0.3, -0.25) is 4.79 Å². The van der Waals surface area contributed by atoms with Crippen molar-refractivity contribution < 1.29 is 17.6 Å². The van der Waals surface area contributed by atoms with Gasteiger partial charge in [-0.25, -0.2) is 22.5 Å². The number of aromatic nitrogens is 3. The number of nitrogens with zero attached hydrogens (tertiary/aromatic N) is 3. The van der Waals surface area contributed by atoms with Crippen LogP contribution in [0, 0.1) is 26.6 Å². The first-order valence-electron chi connectivity index (χ1n) is 11.4. The first kappa shape index (κ1) is 23.2. The van der Waals surface area contributed by atoms with Gasteiger partial charge in [-0.15, -0.1) is 0 Å². The van der Waals surface area contributed by atoms with E-state index in [1.165, 1.54) is 6.07 Å². The number of carbonyl (C=O) groups excluding carboxylic acids is 1. The van der Waals surface area contributed by atoms with E-state index < -0.39 is 21.7 Å². The third-order valence-corrected chi connectivity index (χ3v) is 8.17. The van der Waals surface area contributed by atoms with Gasteiger partial charge in [0.1, 0.15) is 5.82 Å². The maximum atomic E-state index is 14.7. The molecule has 1 saturated heterocycles. The van der Waals surface area contributed by atoms with E-state index >= 15 is 0 Å². The van der Waals surface area contributed by atoms with Crippen LogP contribution in [0.2, 0.25) is 0 Å². The van der Waals surface area contributed by atoms with E-state index in [4.69, 9.17) is 0 Å². The van der Waals surface area contributed by atoms with Gasteiger partial charge in [0.25, 0.3) is 5.91 Å². The lowest BCUT2D eigenvalue weighted by atomic mass is 10.0. The summed E-state index contributed by atoms with van der Waals surface area (Å²) < 4.78 is 40.6. The Labute approximate surface area is 202 Å². The summed E-state index contributed by atoms with van der Waals surface area (Å²) in [5.74, 6) is -0.806. The van der Waals surface area contributed by atoms with Crippen molar-refractivity contribution in [2.24, 2.45) is 0 Å². The Bertz CT molecular complexity index is 1590. The maximum Gasteiger partial charge on any atom is 0.256 e. The van der Waals surface area contributed by atoms with Crippen LogP contribution in [-0.4, -0.2) is 40.6 Å². The predicted molar refractivity (Wildman–Crippen MR) is 134 cm³/mol. The Hall–Kier alpha value is -3.59. The van der Waals surface area contributed by atoms with Crippen LogP contribution in [-0.2, 0) is 9.84 Å². The summed E-state index contributed by atoms with van der Waals surface area (Å²) >= 11 is 0. The Morgan fingerprint density at radius 3 is 2.57 bits per heavy atom. The molecule has 1 aliphatic heterocycles. The zero-order valence-corrected chi connectivity index (χ0v) is 20.5. The van der Waals surface area contributed by atoms with Gasteiger partial charge >= 0.3 is 0 Å². The van der Waals surface area contributed by atoms with Gasteiger partial charge in [0.05, 0.1) is 39.9 Å². The minimum atomic E-state index is -3.18. The molecule has 0 radical (unpaired) electrons. The number of halogens is 1. The molecule has 1 aliphatic rings. The van der Waals surface area contributed by atoms with Crippen LogP contribution in [0.1, 0.15) is 39.6 Å². The normalized spacial score (nSPS) is 17.1. The molecule has 1 unspecified atom stereocenters. The highest BCUT2D eigenvalue weighted by molar-refractivity contribution is 7.91. The largest absolute Gasteiger partial charge is 0.322 e. The zero-order chi connectivity index (χ0) is 24.9. The lowest BCUT2D eigenvalue weighted by Gasteiger charge is -2.13. The molecule has 0 spiro atoms. The van der Waals surface area contributed by atoms with E-state index in [9.17, 15) is 17.6 Å². The van der Waals surface area contributed by atoms with Crippen LogP contribution >= 0.6 is 0 Å². The number of hydrogen-bond acceptors (Lipinski definition) is 5. The predicted octanol–water partition coefficient (Wildman–Crippen LogP) is 4.77. The van der Waals surface area contributed by atoms with Gasteiger partial charge in [0, 0.05) is 11.3 Å². The third-order valence-electron chi connectivity index (χ3n) is 6.42. The summed E-state index contributed by atoms with van der Waals surface area (Å²) in [4.78, 5) is 18.2. The average Bonchev–Trinajstić information content (AvgIpc) is 3.34. The number of amides is 1. The van der Waals surface area contributed by atoms with E-state index in [2.05, 4.69) is 15.4 Å². The topological polar surface area (TPSA) is 93.9 Å². The van der Waals surface area contributed by atoms with Crippen LogP contribution in [0.5, 0.6) is 0 Å². The molecule has 180 valence electrons. The molecule has 7 nitrogen and oxygen atoms in total. The van der Waals surface area contributed by atoms with Crippen LogP contribution in [0.15, 0.2) is 48.5 Å². The van der Waals surface area contributed by atoms with E-state index in [1.807, 2.05) is 32.0 Å². The fourth-order valence-corrected chi connectivity index (χ4v) is 6.36. The van der Waals surface area contributed by atoms with Gasteiger partial charge in [0.2, 0.25) is 0 Å². The number of hydrogen-bond donors (Lipinski definition) is 1. The number of anilines is 1. The molecule has 0 bridgehead atoms. The number of carbonyl (C=O) groups is 1. The second-order valence-corrected chi connectivity index (χ2v) is 11.3. The second kappa shape index (κ2) is 8.57. The summed E-state index contributed by atoms with van der Waals surface area (Å²) in [7, 11) is -3.18. The number of sulfone groups is 1. The zero-order valence-electron chi connectivity index (χ0n) is 19.7. The Balaban J connectivity index is 1.70. The molecular weight excluding hydrogens is 467 g/mol. The Morgan fingerprint density at radius 2 is 1.89 bits per heavy atom. The molecule has 4 aromatic rings. The van der Waals surface area contributed by atoms with Crippen LogP contribution in [0.4, 0.5) is 10.1 Å². The van der Waals surface area contributed by atoms with Crippen molar-refractivity contribution in [1.82, 2.24) is 14.8 Å². The summed E-state index contributed by atoms with van der Waals surface area (Å²) in [5.41, 5.74) is 4.43. The van der Waals surface area contributed by atoms with E-state index in [0.29, 0.717) is 34.4 Å². The van der Waals surface area contributed by atoms with E-state index in [-0.39, 0.29) is 28.7 Å². The van der Waals surface area contributed by atoms with Gasteiger partial charge in [-0.05, 0) is 57.0 Å². The lowest BCUT2D eigenvalue weighted by Crippen LogP contribution is -2.15. The number of aryl methyl sites for hydroxylation is 3.